The Morgan fingerprint density at radius 1 is 0.438 bits per heavy atom. The molecule has 224 valence electrons. The second kappa shape index (κ2) is 10.5. The Morgan fingerprint density at radius 2 is 1.10 bits per heavy atom. The summed E-state index contributed by atoms with van der Waals surface area (Å²) in [6.07, 6.45) is 0. The number of hydrogen-bond donors (Lipinski definition) is 0. The first kappa shape index (κ1) is 26.7. The molecule has 10 rings (SSSR count). The molecule has 0 aliphatic rings. The number of para-hydroxylation sites is 3. The van der Waals surface area contributed by atoms with Gasteiger partial charge in [-0.3, -0.25) is 0 Å². The van der Waals surface area contributed by atoms with Crippen molar-refractivity contribution >= 4 is 54.6 Å². The third kappa shape index (κ3) is 4.04. The van der Waals surface area contributed by atoms with Gasteiger partial charge in [0.2, 0.25) is 0 Å². The smallest absolute Gasteiger partial charge is 0.159 e. The first-order valence-corrected chi connectivity index (χ1v) is 16.3. The summed E-state index contributed by atoms with van der Waals surface area (Å²) in [7, 11) is 0. The fourth-order valence-corrected chi connectivity index (χ4v) is 7.44. The van der Waals surface area contributed by atoms with Crippen molar-refractivity contribution in [1.29, 1.82) is 0 Å². The minimum absolute atomic E-state index is 0.844. The lowest BCUT2D eigenvalue weighted by Gasteiger charge is -2.10. The van der Waals surface area contributed by atoms with Gasteiger partial charge in [0.25, 0.3) is 0 Å². The van der Waals surface area contributed by atoms with Crippen LogP contribution in [0.1, 0.15) is 0 Å². The summed E-state index contributed by atoms with van der Waals surface area (Å²) in [6.45, 7) is 0. The van der Waals surface area contributed by atoms with Crippen molar-refractivity contribution in [1.82, 2.24) is 9.55 Å². The number of benzene rings is 7. The van der Waals surface area contributed by atoms with Crippen LogP contribution in [0.3, 0.4) is 0 Å². The molecule has 7 aromatic carbocycles. The van der Waals surface area contributed by atoms with Crippen LogP contribution in [0.4, 0.5) is 0 Å². The number of fused-ring (bicyclic) bond motifs is 7. The van der Waals surface area contributed by atoms with Crippen molar-refractivity contribution in [3.8, 4) is 39.2 Å². The van der Waals surface area contributed by atoms with Gasteiger partial charge in [0, 0.05) is 32.5 Å². The van der Waals surface area contributed by atoms with E-state index in [0.717, 1.165) is 60.8 Å². The topological polar surface area (TPSA) is 31.0 Å². The second-order valence-electron chi connectivity index (χ2n) is 12.3. The van der Waals surface area contributed by atoms with Crippen LogP contribution in [-0.4, -0.2) is 9.55 Å². The standard InChI is InChI=1S/C45H28N2O/c1-3-13-29(14-4-1)32-19-11-23-41-44(32)36-18-8-10-22-40(36)47(41)42-24-12-20-35-34-26-25-31(27-43(34)48-45(35)42)39-28-37(30-15-5-2-6-16-30)33-17-7-9-21-38(33)46-39/h1-28H. The Bertz CT molecular complexity index is 2830. The molecule has 0 amide bonds. The van der Waals surface area contributed by atoms with Gasteiger partial charge in [-0.1, -0.05) is 127 Å². The fourth-order valence-electron chi connectivity index (χ4n) is 7.44. The van der Waals surface area contributed by atoms with Crippen LogP contribution >= 0.6 is 0 Å². The molecule has 10 aromatic rings. The molecule has 0 saturated heterocycles. The van der Waals surface area contributed by atoms with E-state index in [1.807, 2.05) is 0 Å². The summed E-state index contributed by atoms with van der Waals surface area (Å²) in [6, 6.07) is 60.0. The van der Waals surface area contributed by atoms with E-state index >= 15 is 0 Å². The van der Waals surface area contributed by atoms with Gasteiger partial charge in [-0.25, -0.2) is 4.98 Å². The number of pyridine rings is 1. The molecule has 3 nitrogen and oxygen atoms in total. The lowest BCUT2D eigenvalue weighted by molar-refractivity contribution is 0.666. The van der Waals surface area contributed by atoms with Crippen LogP contribution in [0.25, 0.3) is 93.8 Å². The molecule has 0 atom stereocenters. The Labute approximate surface area is 277 Å². The highest BCUT2D eigenvalue weighted by Gasteiger charge is 2.20. The third-order valence-electron chi connectivity index (χ3n) is 9.60. The Hall–Kier alpha value is -6.45. The van der Waals surface area contributed by atoms with Gasteiger partial charge in [-0.05, 0) is 64.7 Å². The van der Waals surface area contributed by atoms with E-state index in [4.69, 9.17) is 9.40 Å². The van der Waals surface area contributed by atoms with Crippen molar-refractivity contribution in [2.45, 2.75) is 0 Å². The zero-order valence-corrected chi connectivity index (χ0v) is 26.0. The average molecular weight is 613 g/mol. The highest BCUT2D eigenvalue weighted by molar-refractivity contribution is 6.17. The van der Waals surface area contributed by atoms with Crippen molar-refractivity contribution < 1.29 is 4.42 Å². The summed E-state index contributed by atoms with van der Waals surface area (Å²) < 4.78 is 9.20. The van der Waals surface area contributed by atoms with Crippen LogP contribution in [0, 0.1) is 0 Å². The van der Waals surface area contributed by atoms with E-state index in [9.17, 15) is 0 Å². The van der Waals surface area contributed by atoms with Crippen LogP contribution < -0.4 is 0 Å². The monoisotopic (exact) mass is 612 g/mol. The largest absolute Gasteiger partial charge is 0.454 e. The van der Waals surface area contributed by atoms with Crippen molar-refractivity contribution in [2.75, 3.05) is 0 Å². The van der Waals surface area contributed by atoms with E-state index < -0.39 is 0 Å². The van der Waals surface area contributed by atoms with Crippen LogP contribution in [0.2, 0.25) is 0 Å². The molecular weight excluding hydrogens is 585 g/mol. The Morgan fingerprint density at radius 3 is 1.94 bits per heavy atom. The van der Waals surface area contributed by atoms with E-state index in [-0.39, 0.29) is 0 Å². The molecule has 48 heavy (non-hydrogen) atoms. The quantitative estimate of drug-likeness (QED) is 0.198. The molecule has 0 spiro atoms. The molecule has 3 heterocycles. The molecule has 0 N–H and O–H groups in total. The molecule has 0 aliphatic heterocycles. The van der Waals surface area contributed by atoms with Gasteiger partial charge in [0.1, 0.15) is 5.58 Å². The second-order valence-corrected chi connectivity index (χ2v) is 12.3. The van der Waals surface area contributed by atoms with E-state index in [1.165, 1.54) is 33.0 Å². The van der Waals surface area contributed by atoms with Gasteiger partial charge in [-0.15, -0.1) is 0 Å². The Kier molecular flexibility index (Phi) is 5.87. The van der Waals surface area contributed by atoms with Gasteiger partial charge < -0.3 is 8.98 Å². The van der Waals surface area contributed by atoms with Crippen molar-refractivity contribution in [2.24, 2.45) is 0 Å². The molecule has 0 unspecified atom stereocenters. The fraction of sp³-hybridized carbons (Fsp3) is 0. The minimum Gasteiger partial charge on any atom is -0.454 e. The molecule has 0 bridgehead atoms. The lowest BCUT2D eigenvalue weighted by atomic mass is 9.98. The minimum atomic E-state index is 0.844. The number of hydrogen-bond acceptors (Lipinski definition) is 2. The summed E-state index contributed by atoms with van der Waals surface area (Å²) in [5.41, 5.74) is 12.7. The number of furan rings is 1. The van der Waals surface area contributed by atoms with Gasteiger partial charge in [-0.2, -0.15) is 0 Å². The first-order chi connectivity index (χ1) is 23.8. The van der Waals surface area contributed by atoms with E-state index in [2.05, 4.69) is 174 Å². The molecule has 3 heteroatoms. The third-order valence-corrected chi connectivity index (χ3v) is 9.60. The maximum atomic E-state index is 6.84. The van der Waals surface area contributed by atoms with Crippen LogP contribution in [0.5, 0.6) is 0 Å². The molecule has 0 aliphatic carbocycles. The zero-order valence-electron chi connectivity index (χ0n) is 26.0. The highest BCUT2D eigenvalue weighted by atomic mass is 16.3. The average Bonchev–Trinajstić information content (AvgIpc) is 3.71. The molecule has 0 fully saturated rings. The van der Waals surface area contributed by atoms with Crippen LogP contribution in [0.15, 0.2) is 174 Å². The lowest BCUT2D eigenvalue weighted by Crippen LogP contribution is -1.94. The molecule has 0 radical (unpaired) electrons. The predicted octanol–water partition coefficient (Wildman–Crippen LogP) is 12.2. The maximum absolute atomic E-state index is 6.84. The van der Waals surface area contributed by atoms with Gasteiger partial charge >= 0.3 is 0 Å². The summed E-state index contributed by atoms with van der Waals surface area (Å²) in [5, 5.41) is 5.79. The van der Waals surface area contributed by atoms with Crippen LogP contribution in [-0.2, 0) is 0 Å². The SMILES string of the molecule is c1ccc(-c2cc(-c3ccc4c(c3)oc3c(-n5c6ccccc6c6c(-c7ccccc7)cccc65)cccc34)nc3ccccc23)cc1. The van der Waals surface area contributed by atoms with Gasteiger partial charge in [0.05, 0.1) is 27.9 Å². The van der Waals surface area contributed by atoms with Crippen molar-refractivity contribution in [3.05, 3.63) is 170 Å². The molecule has 3 aromatic heterocycles. The number of rotatable bonds is 4. The summed E-state index contributed by atoms with van der Waals surface area (Å²) in [4.78, 5) is 5.11. The molecule has 0 saturated carbocycles. The summed E-state index contributed by atoms with van der Waals surface area (Å²) >= 11 is 0. The first-order valence-electron chi connectivity index (χ1n) is 16.3. The normalized spacial score (nSPS) is 11.8. The molecular formula is C45H28N2O. The predicted molar refractivity (Wildman–Crippen MR) is 200 cm³/mol. The zero-order chi connectivity index (χ0) is 31.6. The maximum Gasteiger partial charge on any atom is 0.159 e. The Balaban J connectivity index is 1.19. The highest BCUT2D eigenvalue weighted by Crippen LogP contribution is 2.42. The number of aromatic nitrogens is 2. The van der Waals surface area contributed by atoms with E-state index in [0.29, 0.717) is 0 Å². The van der Waals surface area contributed by atoms with Gasteiger partial charge in [0.15, 0.2) is 5.58 Å². The summed E-state index contributed by atoms with van der Waals surface area (Å²) in [5.74, 6) is 0. The van der Waals surface area contributed by atoms with E-state index in [1.54, 1.807) is 0 Å². The van der Waals surface area contributed by atoms with Crippen molar-refractivity contribution in [3.63, 3.8) is 0 Å². The number of nitrogens with zero attached hydrogens (tertiary/aromatic N) is 2.